The maximum absolute atomic E-state index is 12.3. The van der Waals surface area contributed by atoms with Crippen LogP contribution in [0.25, 0.3) is 0 Å². The lowest BCUT2D eigenvalue weighted by atomic mass is 10.2. The highest BCUT2D eigenvalue weighted by atomic mass is 32.1. The third-order valence-electron chi connectivity index (χ3n) is 3.15. The number of aryl methyl sites for hydroxylation is 1. The minimum absolute atomic E-state index is 0.0702. The fourth-order valence-corrected chi connectivity index (χ4v) is 2.82. The Morgan fingerprint density at radius 1 is 1.36 bits per heavy atom. The topological polar surface area (TPSA) is 65.5 Å². The number of hydrogen-bond acceptors (Lipinski definition) is 4. The van der Waals surface area contributed by atoms with E-state index in [2.05, 4.69) is 17.2 Å². The molecule has 1 heterocycles. The highest BCUT2D eigenvalue weighted by Crippen LogP contribution is 2.17. The van der Waals surface area contributed by atoms with Crippen LogP contribution in [0.5, 0.6) is 0 Å². The molecule has 0 aliphatic heterocycles. The van der Waals surface area contributed by atoms with E-state index < -0.39 is 0 Å². The van der Waals surface area contributed by atoms with Crippen LogP contribution in [0.2, 0.25) is 0 Å². The lowest BCUT2D eigenvalue weighted by molar-refractivity contribution is 0.185. The van der Waals surface area contributed by atoms with Crippen LogP contribution >= 0.6 is 11.3 Å². The van der Waals surface area contributed by atoms with E-state index in [-0.39, 0.29) is 19.2 Å². The van der Waals surface area contributed by atoms with Gasteiger partial charge in [0.05, 0.1) is 12.3 Å². The van der Waals surface area contributed by atoms with Crippen molar-refractivity contribution in [2.75, 3.05) is 18.5 Å². The Kier molecular flexibility index (Phi) is 6.36. The molecule has 5 nitrogen and oxygen atoms in total. The number of aliphatic hydroxyl groups excluding tert-OH is 1. The molecule has 0 aliphatic carbocycles. The first-order valence-corrected chi connectivity index (χ1v) is 8.26. The second kappa shape index (κ2) is 8.51. The molecule has 1 aromatic heterocycles. The van der Waals surface area contributed by atoms with Crippen molar-refractivity contribution < 1.29 is 9.90 Å². The van der Waals surface area contributed by atoms with Crippen LogP contribution in [-0.2, 0) is 13.0 Å². The van der Waals surface area contributed by atoms with Gasteiger partial charge in [0.25, 0.3) is 0 Å². The maximum atomic E-state index is 12.3. The number of benzene rings is 1. The minimum atomic E-state index is -0.240. The monoisotopic (exact) mass is 319 g/mol. The quantitative estimate of drug-likeness (QED) is 0.824. The van der Waals surface area contributed by atoms with E-state index in [0.717, 1.165) is 24.1 Å². The number of rotatable bonds is 7. The van der Waals surface area contributed by atoms with Gasteiger partial charge in [0, 0.05) is 18.5 Å². The van der Waals surface area contributed by atoms with Crippen molar-refractivity contribution in [2.45, 2.75) is 26.3 Å². The zero-order valence-corrected chi connectivity index (χ0v) is 13.5. The zero-order valence-electron chi connectivity index (χ0n) is 12.7. The standard InChI is InChI=1S/C16H21N3O2S/c1-2-6-14-12-22-15(17-14)18-16(21)19(9-10-20)11-13-7-4-3-5-8-13/h3-5,7-8,12,20H,2,6,9-11H2,1H3,(H,17,18,21). The summed E-state index contributed by atoms with van der Waals surface area (Å²) in [6, 6.07) is 9.48. The summed E-state index contributed by atoms with van der Waals surface area (Å²) in [5, 5.41) is 14.5. The maximum Gasteiger partial charge on any atom is 0.324 e. The molecular formula is C16H21N3O2S. The Hall–Kier alpha value is -1.92. The first-order chi connectivity index (χ1) is 10.7. The number of carbonyl (C=O) groups is 1. The second-order valence-electron chi connectivity index (χ2n) is 4.95. The van der Waals surface area contributed by atoms with Crippen molar-refractivity contribution >= 4 is 22.5 Å². The van der Waals surface area contributed by atoms with Gasteiger partial charge in [0.1, 0.15) is 0 Å². The summed E-state index contributed by atoms with van der Waals surface area (Å²) in [6.45, 7) is 2.77. The third kappa shape index (κ3) is 4.82. The molecule has 0 spiro atoms. The number of aliphatic hydroxyl groups is 1. The molecule has 0 saturated carbocycles. The summed E-state index contributed by atoms with van der Waals surface area (Å²) in [5.74, 6) is 0. The molecule has 0 radical (unpaired) electrons. The van der Waals surface area contributed by atoms with Gasteiger partial charge in [-0.05, 0) is 12.0 Å². The summed E-state index contributed by atoms with van der Waals surface area (Å²) >= 11 is 1.43. The molecule has 118 valence electrons. The molecule has 2 rings (SSSR count). The van der Waals surface area contributed by atoms with Crippen LogP contribution in [0.15, 0.2) is 35.7 Å². The minimum Gasteiger partial charge on any atom is -0.395 e. The van der Waals surface area contributed by atoms with Gasteiger partial charge in [0.2, 0.25) is 0 Å². The van der Waals surface area contributed by atoms with E-state index in [9.17, 15) is 4.79 Å². The summed E-state index contributed by atoms with van der Waals surface area (Å²) in [4.78, 5) is 18.3. The molecule has 2 amide bonds. The molecule has 1 aromatic carbocycles. The summed E-state index contributed by atoms with van der Waals surface area (Å²) in [7, 11) is 0. The Bertz CT molecular complexity index is 586. The van der Waals surface area contributed by atoms with Gasteiger partial charge in [-0.25, -0.2) is 9.78 Å². The fraction of sp³-hybridized carbons (Fsp3) is 0.375. The molecule has 0 bridgehead atoms. The lowest BCUT2D eigenvalue weighted by Crippen LogP contribution is -2.36. The van der Waals surface area contributed by atoms with Crippen LogP contribution in [-0.4, -0.2) is 34.2 Å². The average molecular weight is 319 g/mol. The number of anilines is 1. The Morgan fingerprint density at radius 2 is 2.14 bits per heavy atom. The van der Waals surface area contributed by atoms with Gasteiger partial charge in [-0.3, -0.25) is 5.32 Å². The van der Waals surface area contributed by atoms with E-state index in [0.29, 0.717) is 11.7 Å². The predicted molar refractivity (Wildman–Crippen MR) is 89.1 cm³/mol. The van der Waals surface area contributed by atoms with Crippen LogP contribution in [0.1, 0.15) is 24.6 Å². The van der Waals surface area contributed by atoms with Crippen LogP contribution < -0.4 is 5.32 Å². The van der Waals surface area contributed by atoms with Gasteiger partial charge < -0.3 is 10.0 Å². The molecule has 0 atom stereocenters. The van der Waals surface area contributed by atoms with Gasteiger partial charge in [-0.15, -0.1) is 11.3 Å². The molecule has 2 aromatic rings. The number of urea groups is 1. The van der Waals surface area contributed by atoms with E-state index in [1.807, 2.05) is 35.7 Å². The molecule has 6 heteroatoms. The highest BCUT2D eigenvalue weighted by Gasteiger charge is 2.15. The van der Waals surface area contributed by atoms with E-state index in [1.165, 1.54) is 11.3 Å². The lowest BCUT2D eigenvalue weighted by Gasteiger charge is -2.21. The first kappa shape index (κ1) is 16.5. The van der Waals surface area contributed by atoms with Crippen molar-refractivity contribution in [1.82, 2.24) is 9.88 Å². The van der Waals surface area contributed by atoms with Crippen LogP contribution in [0, 0.1) is 0 Å². The Labute approximate surface area is 134 Å². The predicted octanol–water partition coefficient (Wildman–Crippen LogP) is 3.12. The van der Waals surface area contributed by atoms with Crippen molar-refractivity contribution in [3.05, 3.63) is 47.0 Å². The van der Waals surface area contributed by atoms with Gasteiger partial charge >= 0.3 is 6.03 Å². The number of carbonyl (C=O) groups excluding carboxylic acids is 1. The summed E-state index contributed by atoms with van der Waals surface area (Å²) < 4.78 is 0. The summed E-state index contributed by atoms with van der Waals surface area (Å²) in [5.41, 5.74) is 2.02. The largest absolute Gasteiger partial charge is 0.395 e. The zero-order chi connectivity index (χ0) is 15.8. The van der Waals surface area contributed by atoms with Gasteiger partial charge in [0.15, 0.2) is 5.13 Å². The normalized spacial score (nSPS) is 10.5. The SMILES string of the molecule is CCCc1csc(NC(=O)N(CCO)Cc2ccccc2)n1. The Balaban J connectivity index is 1.99. The number of thiazole rings is 1. The summed E-state index contributed by atoms with van der Waals surface area (Å²) in [6.07, 6.45) is 1.94. The van der Waals surface area contributed by atoms with Crippen molar-refractivity contribution in [2.24, 2.45) is 0 Å². The molecule has 0 fully saturated rings. The fourth-order valence-electron chi connectivity index (χ4n) is 2.08. The molecule has 2 N–H and O–H groups in total. The first-order valence-electron chi connectivity index (χ1n) is 7.38. The van der Waals surface area contributed by atoms with Crippen LogP contribution in [0.3, 0.4) is 0 Å². The number of nitrogens with zero attached hydrogens (tertiary/aromatic N) is 2. The average Bonchev–Trinajstić information content (AvgIpc) is 2.95. The number of nitrogens with one attached hydrogen (secondary N) is 1. The third-order valence-corrected chi connectivity index (χ3v) is 3.95. The molecular weight excluding hydrogens is 298 g/mol. The molecule has 22 heavy (non-hydrogen) atoms. The van der Waals surface area contributed by atoms with E-state index >= 15 is 0 Å². The van der Waals surface area contributed by atoms with Crippen molar-refractivity contribution in [1.29, 1.82) is 0 Å². The van der Waals surface area contributed by atoms with E-state index in [4.69, 9.17) is 5.11 Å². The number of hydrogen-bond donors (Lipinski definition) is 2. The molecule has 0 unspecified atom stereocenters. The molecule has 0 aliphatic rings. The van der Waals surface area contributed by atoms with Crippen LogP contribution in [0.4, 0.5) is 9.93 Å². The Morgan fingerprint density at radius 3 is 2.82 bits per heavy atom. The van der Waals surface area contributed by atoms with Crippen molar-refractivity contribution in [3.8, 4) is 0 Å². The van der Waals surface area contributed by atoms with Crippen molar-refractivity contribution in [3.63, 3.8) is 0 Å². The number of amides is 2. The second-order valence-corrected chi connectivity index (χ2v) is 5.81. The van der Waals surface area contributed by atoms with Gasteiger partial charge in [-0.2, -0.15) is 0 Å². The molecule has 0 saturated heterocycles. The van der Waals surface area contributed by atoms with E-state index in [1.54, 1.807) is 4.90 Å². The smallest absolute Gasteiger partial charge is 0.324 e. The highest BCUT2D eigenvalue weighted by molar-refractivity contribution is 7.13. The van der Waals surface area contributed by atoms with Gasteiger partial charge in [-0.1, -0.05) is 43.7 Å². The number of aromatic nitrogens is 1.